The van der Waals surface area contributed by atoms with Crippen LogP contribution in [0.4, 0.5) is 0 Å². The maximum Gasteiger partial charge on any atom is 0.261 e. The molecule has 1 aromatic carbocycles. The molecule has 0 spiro atoms. The van der Waals surface area contributed by atoms with Crippen LogP contribution in [0.25, 0.3) is 0 Å². The topological polar surface area (TPSA) is 81.4 Å². The van der Waals surface area contributed by atoms with Crippen LogP contribution >= 0.6 is 0 Å². The number of hydrogen-bond acceptors (Lipinski definition) is 4. The molecule has 1 radical (unpaired) electrons. The number of aliphatic hydroxyl groups is 1. The maximum absolute atomic E-state index is 12.0. The first-order valence-corrected chi connectivity index (χ1v) is 5.12. The molecule has 5 nitrogen and oxygen atoms in total. The Hall–Kier alpha value is -0.748. The van der Waals surface area contributed by atoms with Gasteiger partial charge in [-0.2, -0.15) is 5.26 Å². The average Bonchev–Trinajstić information content (AvgIpc) is 2.61. The van der Waals surface area contributed by atoms with Crippen molar-refractivity contribution in [3.8, 4) is 6.07 Å². The van der Waals surface area contributed by atoms with E-state index in [4.69, 9.17) is 5.26 Å². The smallest absolute Gasteiger partial charge is 0.261 e. The molecular formula is C12H10AcN2O3. The van der Waals surface area contributed by atoms with Crippen LogP contribution < -0.4 is 0 Å². The normalized spacial score (nSPS) is 16.6. The molecule has 0 bridgehead atoms. The molecule has 1 aromatic rings. The number of benzene rings is 1. The second-order valence-corrected chi connectivity index (χ2v) is 3.84. The number of rotatable bonds is 2. The zero-order valence-corrected chi connectivity index (χ0v) is 14.4. The zero-order chi connectivity index (χ0) is 12.6. The van der Waals surface area contributed by atoms with Crippen molar-refractivity contribution in [3.63, 3.8) is 0 Å². The molecule has 2 unspecified atom stereocenters. The Bertz CT molecular complexity index is 503. The number of fused-ring (bicyclic) bond motifs is 1. The van der Waals surface area contributed by atoms with Gasteiger partial charge in [0.1, 0.15) is 0 Å². The Kier molecular flexibility index (Phi) is 5.04. The predicted octanol–water partition coefficient (Wildman–Crippen LogP) is 0.556. The van der Waals surface area contributed by atoms with Crippen LogP contribution in [-0.4, -0.2) is 34.0 Å². The van der Waals surface area contributed by atoms with E-state index in [2.05, 4.69) is 0 Å². The third-order valence-electron chi connectivity index (χ3n) is 2.82. The van der Waals surface area contributed by atoms with Gasteiger partial charge in [0.15, 0.2) is 6.10 Å². The van der Waals surface area contributed by atoms with Crippen molar-refractivity contribution in [2.24, 2.45) is 0 Å². The van der Waals surface area contributed by atoms with E-state index in [-0.39, 0.29) is 44.1 Å². The van der Waals surface area contributed by atoms with Crippen LogP contribution in [0.1, 0.15) is 27.6 Å². The number of carbonyl (C=O) groups excluding carboxylic acids is 2. The Labute approximate surface area is 140 Å². The molecule has 1 aliphatic rings. The van der Waals surface area contributed by atoms with Gasteiger partial charge in [-0.25, -0.2) is 0 Å². The van der Waals surface area contributed by atoms with Gasteiger partial charge in [0.2, 0.25) is 0 Å². The second-order valence-electron chi connectivity index (χ2n) is 3.84. The van der Waals surface area contributed by atoms with E-state index in [0.29, 0.717) is 11.1 Å². The third-order valence-corrected chi connectivity index (χ3v) is 2.82. The number of carbonyl (C=O) groups is 2. The molecule has 1 N–H and O–H groups in total. The summed E-state index contributed by atoms with van der Waals surface area (Å²) in [6.07, 6.45) is -1.38. The molecule has 0 fully saturated rings. The summed E-state index contributed by atoms with van der Waals surface area (Å²) in [4.78, 5) is 24.8. The molecule has 1 heterocycles. The first-order chi connectivity index (χ1) is 8.07. The van der Waals surface area contributed by atoms with E-state index in [1.54, 1.807) is 30.3 Å². The second kappa shape index (κ2) is 5.93. The van der Waals surface area contributed by atoms with Crippen LogP contribution in [0.15, 0.2) is 24.3 Å². The molecule has 89 valence electrons. The summed E-state index contributed by atoms with van der Waals surface area (Å²) in [7, 11) is 0. The fraction of sp³-hybridized carbons (Fsp3) is 0.250. The monoisotopic (exact) mass is 457 g/mol. The van der Waals surface area contributed by atoms with E-state index in [9.17, 15) is 14.7 Å². The van der Waals surface area contributed by atoms with Crippen LogP contribution in [-0.2, 0) is 0 Å². The van der Waals surface area contributed by atoms with E-state index in [1.165, 1.54) is 6.92 Å². The molecule has 2 amide bonds. The first kappa shape index (κ1) is 15.3. The first-order valence-electron chi connectivity index (χ1n) is 5.12. The quantitative estimate of drug-likeness (QED) is 0.520. The maximum atomic E-state index is 12.0. The van der Waals surface area contributed by atoms with Crippen molar-refractivity contribution < 1.29 is 58.8 Å². The standard InChI is InChI=1S/C12H10N2O3.Ac/c1-7(10(15)6-13)14-11(16)8-4-2-3-5-9(8)12(14)17;/h2-5,7,10,15H,1H3;. The molecule has 6 heteroatoms. The minimum atomic E-state index is -1.38. The van der Waals surface area contributed by atoms with Gasteiger partial charge in [0.05, 0.1) is 23.2 Å². The van der Waals surface area contributed by atoms with E-state index < -0.39 is 24.0 Å². The molecule has 18 heavy (non-hydrogen) atoms. The molecule has 0 saturated heterocycles. The molecule has 0 aliphatic carbocycles. The zero-order valence-electron chi connectivity index (χ0n) is 9.70. The molecule has 1 aliphatic heterocycles. The van der Waals surface area contributed by atoms with Crippen LogP contribution in [0.3, 0.4) is 0 Å². The predicted molar refractivity (Wildman–Crippen MR) is 58.0 cm³/mol. The van der Waals surface area contributed by atoms with Gasteiger partial charge in [-0.05, 0) is 19.1 Å². The van der Waals surface area contributed by atoms with Crippen molar-refractivity contribution in [2.45, 2.75) is 19.1 Å². The number of nitriles is 1. The fourth-order valence-corrected chi connectivity index (χ4v) is 1.83. The summed E-state index contributed by atoms with van der Waals surface area (Å²) >= 11 is 0. The van der Waals surface area contributed by atoms with Gasteiger partial charge in [-0.15, -0.1) is 0 Å². The summed E-state index contributed by atoms with van der Waals surface area (Å²) in [6, 6.07) is 7.21. The number of nitrogens with zero attached hydrogens (tertiary/aromatic N) is 2. The van der Waals surface area contributed by atoms with Crippen molar-refractivity contribution in [1.29, 1.82) is 5.26 Å². The van der Waals surface area contributed by atoms with Gasteiger partial charge >= 0.3 is 0 Å². The molecule has 0 saturated carbocycles. The Balaban J connectivity index is 0.00000162. The summed E-state index contributed by atoms with van der Waals surface area (Å²) in [5.41, 5.74) is 0.629. The Morgan fingerprint density at radius 1 is 1.22 bits per heavy atom. The van der Waals surface area contributed by atoms with E-state index >= 15 is 0 Å². The van der Waals surface area contributed by atoms with Crippen molar-refractivity contribution in [2.75, 3.05) is 0 Å². The van der Waals surface area contributed by atoms with Crippen LogP contribution in [0, 0.1) is 55.4 Å². The number of imide groups is 1. The van der Waals surface area contributed by atoms with Gasteiger partial charge < -0.3 is 5.11 Å². The molecule has 2 atom stereocenters. The summed E-state index contributed by atoms with van der Waals surface area (Å²) < 4.78 is 0. The minimum Gasteiger partial charge on any atom is -0.376 e. The summed E-state index contributed by atoms with van der Waals surface area (Å²) in [5, 5.41) is 18.0. The van der Waals surface area contributed by atoms with Crippen LogP contribution in [0.5, 0.6) is 0 Å². The van der Waals surface area contributed by atoms with Crippen molar-refractivity contribution >= 4 is 11.8 Å². The number of aliphatic hydroxyl groups excluding tert-OH is 1. The summed E-state index contributed by atoms with van der Waals surface area (Å²) in [5.74, 6) is -0.931. The van der Waals surface area contributed by atoms with E-state index in [0.717, 1.165) is 4.90 Å². The number of amides is 2. The van der Waals surface area contributed by atoms with Crippen molar-refractivity contribution in [3.05, 3.63) is 35.4 Å². The summed E-state index contributed by atoms with van der Waals surface area (Å²) in [6.45, 7) is 1.47. The Morgan fingerprint density at radius 3 is 2.06 bits per heavy atom. The van der Waals surface area contributed by atoms with E-state index in [1.807, 2.05) is 0 Å². The largest absolute Gasteiger partial charge is 0.376 e. The van der Waals surface area contributed by atoms with Gasteiger partial charge in [0, 0.05) is 44.1 Å². The van der Waals surface area contributed by atoms with Gasteiger partial charge in [0.25, 0.3) is 11.8 Å². The minimum absolute atomic E-state index is 0. The average molecular weight is 457 g/mol. The third kappa shape index (κ3) is 2.36. The van der Waals surface area contributed by atoms with Gasteiger partial charge in [-0.3, -0.25) is 14.5 Å². The number of hydrogen-bond donors (Lipinski definition) is 1. The fourth-order valence-electron chi connectivity index (χ4n) is 1.83. The molecule has 2 rings (SSSR count). The molecule has 0 aromatic heterocycles. The molecular weight excluding hydrogens is 447 g/mol. The van der Waals surface area contributed by atoms with Crippen molar-refractivity contribution in [1.82, 2.24) is 4.90 Å². The Morgan fingerprint density at radius 2 is 1.67 bits per heavy atom. The SMILES string of the molecule is CC(C(O)C#N)N1C(=O)c2ccccc2C1=O.[Ac]. The van der Waals surface area contributed by atoms with Gasteiger partial charge in [-0.1, -0.05) is 12.1 Å². The van der Waals surface area contributed by atoms with Crippen LogP contribution in [0.2, 0.25) is 0 Å².